The number of aliphatic imine (C=N–C) groups is 1. The summed E-state index contributed by atoms with van der Waals surface area (Å²) in [4.78, 5) is 38.8. The van der Waals surface area contributed by atoms with Gasteiger partial charge in [-0.25, -0.2) is 0 Å². The maximum absolute atomic E-state index is 12.2. The smallest absolute Gasteiger partial charge is 0.307 e. The predicted octanol–water partition coefficient (Wildman–Crippen LogP) is 0.103. The van der Waals surface area contributed by atoms with Crippen molar-refractivity contribution in [2.75, 3.05) is 39.1 Å². The molecule has 1 rings (SSSR count). The maximum Gasteiger partial charge on any atom is 0.307 e. The van der Waals surface area contributed by atoms with Gasteiger partial charge in [0.1, 0.15) is 0 Å². The summed E-state index contributed by atoms with van der Waals surface area (Å²) in [5, 5.41) is 11.2. The van der Waals surface area contributed by atoms with Crippen molar-refractivity contribution in [1.29, 1.82) is 0 Å². The van der Waals surface area contributed by atoms with E-state index in [1.54, 1.807) is 31.3 Å². The van der Waals surface area contributed by atoms with Crippen LogP contribution < -0.4 is 21.3 Å². The van der Waals surface area contributed by atoms with Crippen molar-refractivity contribution in [3.8, 4) is 0 Å². The standard InChI is InChI=1S/C17H25N5O4/c1-4-19-17(18-2)22-13-7-5-6-12(10-13)16(25)21-11-14(23)20-9-8-15(24)26-3/h5-7,10H,4,8-9,11H2,1-3H3,(H,20,23)(H,21,25)(H2,18,19,22). The van der Waals surface area contributed by atoms with E-state index >= 15 is 0 Å². The van der Waals surface area contributed by atoms with E-state index in [1.165, 1.54) is 7.11 Å². The molecular formula is C17H25N5O4. The Labute approximate surface area is 152 Å². The summed E-state index contributed by atoms with van der Waals surface area (Å²) in [7, 11) is 2.93. The SMILES string of the molecule is CCNC(=NC)Nc1cccc(C(=O)NCC(=O)NCCC(=O)OC)c1. The molecule has 4 N–H and O–H groups in total. The van der Waals surface area contributed by atoms with Gasteiger partial charge in [-0.15, -0.1) is 0 Å². The summed E-state index contributed by atoms with van der Waals surface area (Å²) >= 11 is 0. The molecule has 142 valence electrons. The zero-order valence-corrected chi connectivity index (χ0v) is 15.2. The highest BCUT2D eigenvalue weighted by atomic mass is 16.5. The summed E-state index contributed by atoms with van der Waals surface area (Å²) in [5.41, 5.74) is 1.10. The zero-order valence-electron chi connectivity index (χ0n) is 15.2. The second-order valence-electron chi connectivity index (χ2n) is 5.17. The fraction of sp³-hybridized carbons (Fsp3) is 0.412. The van der Waals surface area contributed by atoms with Gasteiger partial charge in [0.2, 0.25) is 5.91 Å². The van der Waals surface area contributed by atoms with E-state index < -0.39 is 5.97 Å². The van der Waals surface area contributed by atoms with Crippen LogP contribution in [0.4, 0.5) is 5.69 Å². The second kappa shape index (κ2) is 11.5. The van der Waals surface area contributed by atoms with Crippen LogP contribution in [0.25, 0.3) is 0 Å². The Kier molecular flexibility index (Phi) is 9.23. The number of methoxy groups -OCH3 is 1. The highest BCUT2D eigenvalue weighted by molar-refractivity contribution is 5.99. The number of carbonyl (C=O) groups excluding carboxylic acids is 3. The van der Waals surface area contributed by atoms with Gasteiger partial charge in [-0.3, -0.25) is 19.4 Å². The number of esters is 1. The Morgan fingerprint density at radius 2 is 1.92 bits per heavy atom. The van der Waals surface area contributed by atoms with Crippen LogP contribution >= 0.6 is 0 Å². The average Bonchev–Trinajstić information content (AvgIpc) is 2.65. The third-order valence-corrected chi connectivity index (χ3v) is 3.24. The quantitative estimate of drug-likeness (QED) is 0.295. The molecule has 0 saturated heterocycles. The maximum atomic E-state index is 12.2. The number of ether oxygens (including phenoxy) is 1. The molecule has 0 atom stereocenters. The number of hydrogen-bond donors (Lipinski definition) is 4. The fourth-order valence-electron chi connectivity index (χ4n) is 1.95. The number of carbonyl (C=O) groups is 3. The molecule has 0 aromatic heterocycles. The molecule has 26 heavy (non-hydrogen) atoms. The second-order valence-corrected chi connectivity index (χ2v) is 5.17. The van der Waals surface area contributed by atoms with Gasteiger partial charge in [0.25, 0.3) is 5.91 Å². The van der Waals surface area contributed by atoms with Crippen molar-refractivity contribution in [2.45, 2.75) is 13.3 Å². The van der Waals surface area contributed by atoms with Gasteiger partial charge in [0.05, 0.1) is 20.1 Å². The van der Waals surface area contributed by atoms with E-state index in [0.29, 0.717) is 23.8 Å². The van der Waals surface area contributed by atoms with Crippen LogP contribution in [-0.2, 0) is 14.3 Å². The van der Waals surface area contributed by atoms with E-state index in [2.05, 4.69) is 31.0 Å². The molecule has 2 amide bonds. The van der Waals surface area contributed by atoms with E-state index in [1.807, 2.05) is 6.92 Å². The minimum atomic E-state index is -0.411. The molecule has 0 bridgehead atoms. The van der Waals surface area contributed by atoms with Crippen molar-refractivity contribution in [2.24, 2.45) is 4.99 Å². The minimum Gasteiger partial charge on any atom is -0.469 e. The van der Waals surface area contributed by atoms with E-state index in [-0.39, 0.29) is 31.3 Å². The first-order valence-electron chi connectivity index (χ1n) is 8.19. The number of anilines is 1. The summed E-state index contributed by atoms with van der Waals surface area (Å²) < 4.78 is 4.47. The number of nitrogens with one attached hydrogen (secondary N) is 4. The first kappa shape index (κ1) is 20.9. The lowest BCUT2D eigenvalue weighted by molar-refractivity contribution is -0.140. The van der Waals surface area contributed by atoms with Crippen LogP contribution in [-0.4, -0.2) is 57.5 Å². The molecule has 0 aliphatic carbocycles. The van der Waals surface area contributed by atoms with Gasteiger partial charge in [-0.1, -0.05) is 6.07 Å². The Morgan fingerprint density at radius 1 is 1.15 bits per heavy atom. The molecule has 9 heteroatoms. The third-order valence-electron chi connectivity index (χ3n) is 3.24. The highest BCUT2D eigenvalue weighted by Gasteiger charge is 2.09. The van der Waals surface area contributed by atoms with E-state index in [9.17, 15) is 14.4 Å². The predicted molar refractivity (Wildman–Crippen MR) is 99.1 cm³/mol. The normalized spacial score (nSPS) is 10.7. The van der Waals surface area contributed by atoms with Crippen LogP contribution in [0.2, 0.25) is 0 Å². The third kappa shape index (κ3) is 7.65. The molecule has 0 unspecified atom stereocenters. The van der Waals surface area contributed by atoms with Crippen molar-refractivity contribution in [3.63, 3.8) is 0 Å². The van der Waals surface area contributed by atoms with Gasteiger partial charge in [0, 0.05) is 31.4 Å². The van der Waals surface area contributed by atoms with Crippen LogP contribution in [0, 0.1) is 0 Å². The van der Waals surface area contributed by atoms with Gasteiger partial charge < -0.3 is 26.0 Å². The molecule has 1 aromatic rings. The molecule has 0 spiro atoms. The summed E-state index contributed by atoms with van der Waals surface area (Å²) in [6.45, 7) is 2.64. The first-order chi connectivity index (χ1) is 12.5. The van der Waals surface area contributed by atoms with Crippen molar-refractivity contribution >= 4 is 29.4 Å². The number of guanidine groups is 1. The molecule has 0 fully saturated rings. The summed E-state index contributed by atoms with van der Waals surface area (Å²) in [6.07, 6.45) is 0.0804. The van der Waals surface area contributed by atoms with Crippen LogP contribution in [0.1, 0.15) is 23.7 Å². The van der Waals surface area contributed by atoms with Crippen LogP contribution in [0.15, 0.2) is 29.3 Å². The Morgan fingerprint density at radius 3 is 2.58 bits per heavy atom. The Balaban J connectivity index is 2.51. The first-order valence-corrected chi connectivity index (χ1v) is 8.19. The van der Waals surface area contributed by atoms with Gasteiger partial charge in [0.15, 0.2) is 5.96 Å². The number of nitrogens with zero attached hydrogens (tertiary/aromatic N) is 1. The van der Waals surface area contributed by atoms with E-state index in [4.69, 9.17) is 0 Å². The lowest BCUT2D eigenvalue weighted by atomic mass is 10.2. The average molecular weight is 363 g/mol. The van der Waals surface area contributed by atoms with Crippen LogP contribution in [0.5, 0.6) is 0 Å². The van der Waals surface area contributed by atoms with Crippen molar-refractivity contribution in [1.82, 2.24) is 16.0 Å². The molecular weight excluding hydrogens is 338 g/mol. The largest absolute Gasteiger partial charge is 0.469 e. The molecule has 0 heterocycles. The highest BCUT2D eigenvalue weighted by Crippen LogP contribution is 2.10. The number of rotatable bonds is 8. The van der Waals surface area contributed by atoms with Crippen molar-refractivity contribution < 1.29 is 19.1 Å². The monoisotopic (exact) mass is 363 g/mol. The molecule has 1 aromatic carbocycles. The molecule has 0 saturated carbocycles. The van der Waals surface area contributed by atoms with Gasteiger partial charge >= 0.3 is 5.97 Å². The minimum absolute atomic E-state index is 0.0804. The number of amides is 2. The topological polar surface area (TPSA) is 121 Å². The number of hydrogen-bond acceptors (Lipinski definition) is 5. The van der Waals surface area contributed by atoms with Gasteiger partial charge in [-0.05, 0) is 25.1 Å². The lowest BCUT2D eigenvalue weighted by Gasteiger charge is -2.11. The van der Waals surface area contributed by atoms with Crippen molar-refractivity contribution in [3.05, 3.63) is 29.8 Å². The zero-order chi connectivity index (χ0) is 19.4. The molecule has 9 nitrogen and oxygen atoms in total. The molecule has 0 aliphatic rings. The molecule has 0 radical (unpaired) electrons. The summed E-state index contributed by atoms with van der Waals surface area (Å²) in [5.74, 6) is -0.583. The molecule has 0 aliphatic heterocycles. The fourth-order valence-corrected chi connectivity index (χ4v) is 1.95. The van der Waals surface area contributed by atoms with E-state index in [0.717, 1.165) is 0 Å². The lowest BCUT2D eigenvalue weighted by Crippen LogP contribution is -2.37. The van der Waals surface area contributed by atoms with Crippen LogP contribution in [0.3, 0.4) is 0 Å². The number of benzene rings is 1. The Hall–Kier alpha value is -3.10. The Bertz CT molecular complexity index is 660. The van der Waals surface area contributed by atoms with Gasteiger partial charge in [-0.2, -0.15) is 0 Å². The summed E-state index contributed by atoms with van der Waals surface area (Å²) in [6, 6.07) is 6.84.